The van der Waals surface area contributed by atoms with E-state index in [2.05, 4.69) is 4.98 Å². The number of aromatic nitrogens is 2. The molecule has 1 heterocycles. The van der Waals surface area contributed by atoms with E-state index in [1.165, 1.54) is 5.56 Å². The number of nitrogens with zero attached hydrogens (tertiary/aromatic N) is 2. The van der Waals surface area contributed by atoms with Gasteiger partial charge in [-0.1, -0.05) is 29.8 Å². The Morgan fingerprint density at radius 3 is 2.47 bits per heavy atom. The molecule has 3 rings (SSSR count). The van der Waals surface area contributed by atoms with Crippen molar-refractivity contribution >= 4 is 16.9 Å². The van der Waals surface area contributed by atoms with Crippen molar-refractivity contribution < 1.29 is 0 Å². The van der Waals surface area contributed by atoms with Crippen molar-refractivity contribution in [2.24, 2.45) is 0 Å². The maximum Gasteiger partial charge on any atom is 0.282 e. The number of aryl methyl sites for hydroxylation is 1. The molecule has 0 unspecified atom stereocenters. The van der Waals surface area contributed by atoms with Crippen LogP contribution in [0.2, 0.25) is 0 Å². The molecule has 0 aliphatic carbocycles. The van der Waals surface area contributed by atoms with Gasteiger partial charge in [0, 0.05) is 5.69 Å². The summed E-state index contributed by atoms with van der Waals surface area (Å²) < 4.78 is 1.79. The third kappa shape index (κ3) is 1.87. The molecule has 2 aromatic carbocycles. The first-order chi connectivity index (χ1) is 9.16. The Hall–Kier alpha value is -2.62. The maximum atomic E-state index is 11.8. The summed E-state index contributed by atoms with van der Waals surface area (Å²) in [7, 11) is 0. The summed E-state index contributed by atoms with van der Waals surface area (Å²) >= 11 is 0. The van der Waals surface area contributed by atoms with E-state index in [1.807, 2.05) is 49.4 Å². The summed E-state index contributed by atoms with van der Waals surface area (Å²) in [4.78, 5) is 15.7. The Labute approximate surface area is 110 Å². The number of nitrogen functional groups attached to an aromatic ring is 1. The highest BCUT2D eigenvalue weighted by atomic mass is 16.1. The van der Waals surface area contributed by atoms with Crippen molar-refractivity contribution in [2.75, 3.05) is 5.73 Å². The summed E-state index contributed by atoms with van der Waals surface area (Å²) in [6.07, 6.45) is 0. The highest BCUT2D eigenvalue weighted by Crippen LogP contribution is 2.19. The average Bonchev–Trinajstić information content (AvgIpc) is 2.41. The van der Waals surface area contributed by atoms with E-state index < -0.39 is 0 Å². The Kier molecular flexibility index (Phi) is 2.56. The molecule has 3 aromatic rings. The first-order valence-electron chi connectivity index (χ1n) is 6.01. The van der Waals surface area contributed by atoms with Crippen LogP contribution < -0.4 is 11.3 Å². The van der Waals surface area contributed by atoms with Crippen molar-refractivity contribution in [1.82, 2.24) is 9.55 Å². The van der Waals surface area contributed by atoms with E-state index in [0.29, 0.717) is 5.39 Å². The molecule has 19 heavy (non-hydrogen) atoms. The molecule has 2 N–H and O–H groups in total. The Bertz CT molecular complexity index is 804. The predicted octanol–water partition coefficient (Wildman–Crippen LogP) is 2.28. The second-order valence-corrected chi connectivity index (χ2v) is 4.46. The number of hydrogen-bond acceptors (Lipinski definition) is 3. The third-order valence-corrected chi connectivity index (χ3v) is 3.11. The number of anilines is 1. The monoisotopic (exact) mass is 251 g/mol. The minimum atomic E-state index is -0.295. The molecule has 0 aliphatic heterocycles. The lowest BCUT2D eigenvalue weighted by atomic mass is 10.2. The summed E-state index contributed by atoms with van der Waals surface area (Å²) in [5.41, 5.74) is 8.44. The zero-order valence-corrected chi connectivity index (χ0v) is 10.5. The van der Waals surface area contributed by atoms with E-state index in [4.69, 9.17) is 5.73 Å². The molecule has 94 valence electrons. The maximum absolute atomic E-state index is 11.8. The molecule has 0 atom stereocenters. The Balaban J connectivity index is 2.40. The van der Waals surface area contributed by atoms with Gasteiger partial charge in [0.15, 0.2) is 0 Å². The standard InChI is InChI=1S/C15H13N3O/c1-10-6-8-11(9-7-10)18-13-5-3-2-4-12(13)14(19)17-15(18)16/h2-9H,1H3,(H2,16,17,19). The Morgan fingerprint density at radius 1 is 1.05 bits per heavy atom. The first-order valence-corrected chi connectivity index (χ1v) is 6.01. The number of fused-ring (bicyclic) bond motifs is 1. The molecule has 0 amide bonds. The van der Waals surface area contributed by atoms with Gasteiger partial charge in [0.25, 0.3) is 5.56 Å². The number of para-hydroxylation sites is 1. The fraction of sp³-hybridized carbons (Fsp3) is 0.0667. The largest absolute Gasteiger partial charge is 0.369 e. The molecule has 4 heteroatoms. The van der Waals surface area contributed by atoms with Crippen LogP contribution in [-0.2, 0) is 0 Å². The zero-order valence-electron chi connectivity index (χ0n) is 10.5. The van der Waals surface area contributed by atoms with Gasteiger partial charge < -0.3 is 5.73 Å². The van der Waals surface area contributed by atoms with Gasteiger partial charge in [-0.25, -0.2) is 0 Å². The topological polar surface area (TPSA) is 60.9 Å². The van der Waals surface area contributed by atoms with Crippen LogP contribution >= 0.6 is 0 Å². The fourth-order valence-corrected chi connectivity index (χ4v) is 2.15. The van der Waals surface area contributed by atoms with Gasteiger partial charge in [-0.3, -0.25) is 9.36 Å². The predicted molar refractivity (Wildman–Crippen MR) is 76.5 cm³/mol. The molecule has 0 radical (unpaired) electrons. The molecule has 0 saturated carbocycles. The smallest absolute Gasteiger partial charge is 0.282 e. The normalized spacial score (nSPS) is 10.8. The van der Waals surface area contributed by atoms with E-state index in [9.17, 15) is 4.79 Å². The zero-order chi connectivity index (χ0) is 13.4. The van der Waals surface area contributed by atoms with Gasteiger partial charge >= 0.3 is 0 Å². The SMILES string of the molecule is Cc1ccc(-n2c(N)nc(=O)c3ccccc32)cc1. The second kappa shape index (κ2) is 4.24. The molecule has 1 aromatic heterocycles. The van der Waals surface area contributed by atoms with Crippen LogP contribution in [0.3, 0.4) is 0 Å². The van der Waals surface area contributed by atoms with Gasteiger partial charge in [-0.15, -0.1) is 0 Å². The van der Waals surface area contributed by atoms with E-state index in [-0.39, 0.29) is 11.5 Å². The van der Waals surface area contributed by atoms with Crippen molar-refractivity contribution in [1.29, 1.82) is 0 Å². The van der Waals surface area contributed by atoms with E-state index in [0.717, 1.165) is 11.2 Å². The van der Waals surface area contributed by atoms with Gasteiger partial charge in [-0.05, 0) is 31.2 Å². The molecular formula is C15H13N3O. The van der Waals surface area contributed by atoms with Crippen LogP contribution in [0.4, 0.5) is 5.95 Å². The van der Waals surface area contributed by atoms with Gasteiger partial charge in [0.05, 0.1) is 10.9 Å². The van der Waals surface area contributed by atoms with E-state index in [1.54, 1.807) is 10.6 Å². The average molecular weight is 251 g/mol. The number of benzene rings is 2. The minimum Gasteiger partial charge on any atom is -0.369 e. The van der Waals surface area contributed by atoms with Crippen LogP contribution in [0.5, 0.6) is 0 Å². The Morgan fingerprint density at radius 2 is 1.74 bits per heavy atom. The van der Waals surface area contributed by atoms with Gasteiger partial charge in [0.2, 0.25) is 5.95 Å². The molecule has 4 nitrogen and oxygen atoms in total. The van der Waals surface area contributed by atoms with Crippen LogP contribution in [0.1, 0.15) is 5.56 Å². The minimum absolute atomic E-state index is 0.201. The summed E-state index contributed by atoms with van der Waals surface area (Å²) in [5.74, 6) is 0.201. The first kappa shape index (κ1) is 11.5. The number of rotatable bonds is 1. The number of nitrogens with two attached hydrogens (primary N) is 1. The lowest BCUT2D eigenvalue weighted by Gasteiger charge is -2.13. The highest BCUT2D eigenvalue weighted by molar-refractivity contribution is 5.81. The molecule has 0 saturated heterocycles. The lowest BCUT2D eigenvalue weighted by Crippen LogP contribution is -2.17. The van der Waals surface area contributed by atoms with Gasteiger partial charge in [-0.2, -0.15) is 4.98 Å². The van der Waals surface area contributed by atoms with Crippen LogP contribution in [-0.4, -0.2) is 9.55 Å². The van der Waals surface area contributed by atoms with E-state index >= 15 is 0 Å². The fourth-order valence-electron chi connectivity index (χ4n) is 2.15. The van der Waals surface area contributed by atoms with Crippen molar-refractivity contribution in [3.8, 4) is 5.69 Å². The van der Waals surface area contributed by atoms with Crippen LogP contribution in [0.25, 0.3) is 16.6 Å². The molecule has 0 spiro atoms. The van der Waals surface area contributed by atoms with Crippen molar-refractivity contribution in [3.05, 3.63) is 64.4 Å². The highest BCUT2D eigenvalue weighted by Gasteiger charge is 2.09. The number of hydrogen-bond donors (Lipinski definition) is 1. The second-order valence-electron chi connectivity index (χ2n) is 4.46. The summed E-state index contributed by atoms with van der Waals surface area (Å²) in [5, 5.41) is 0.567. The van der Waals surface area contributed by atoms with Crippen molar-refractivity contribution in [2.45, 2.75) is 6.92 Å². The third-order valence-electron chi connectivity index (χ3n) is 3.11. The van der Waals surface area contributed by atoms with Gasteiger partial charge in [0.1, 0.15) is 0 Å². The molecular weight excluding hydrogens is 238 g/mol. The molecule has 0 fully saturated rings. The molecule has 0 bridgehead atoms. The lowest BCUT2D eigenvalue weighted by molar-refractivity contribution is 1.04. The van der Waals surface area contributed by atoms with Crippen molar-refractivity contribution in [3.63, 3.8) is 0 Å². The molecule has 0 aliphatic rings. The summed E-state index contributed by atoms with van der Waals surface area (Å²) in [6, 6.07) is 15.3. The van der Waals surface area contributed by atoms with Crippen LogP contribution in [0.15, 0.2) is 53.3 Å². The summed E-state index contributed by atoms with van der Waals surface area (Å²) in [6.45, 7) is 2.02. The quantitative estimate of drug-likeness (QED) is 0.721. The van der Waals surface area contributed by atoms with Crippen LogP contribution in [0, 0.1) is 6.92 Å².